The molecule has 4 aliphatic carbocycles. The molecule has 3 fully saturated rings. The van der Waals surface area contributed by atoms with Crippen LogP contribution < -0.4 is 0 Å². The van der Waals surface area contributed by atoms with Crippen molar-refractivity contribution < 1.29 is 9.53 Å². The fourth-order valence-corrected chi connectivity index (χ4v) is 8.95. The SMILES string of the molecule is [CH2+]C(C)CCC[C@@H](C)[C@H]1CC[C@H]2[C@@H]3CC=C4C[C@@H](OC(=O)Cl)CC[C@]4(C)[C@H]3CC[C@]12C. The molecule has 3 heteroatoms. The smallest absolute Gasteiger partial charge is 0.404 e. The van der Waals surface area contributed by atoms with E-state index in [0.717, 1.165) is 48.9 Å². The van der Waals surface area contributed by atoms with E-state index >= 15 is 0 Å². The maximum atomic E-state index is 11.2. The Morgan fingerprint density at radius 1 is 1.16 bits per heavy atom. The van der Waals surface area contributed by atoms with Crippen molar-refractivity contribution in [3.8, 4) is 0 Å². The van der Waals surface area contributed by atoms with Gasteiger partial charge in [0.1, 0.15) is 6.10 Å². The van der Waals surface area contributed by atoms with Gasteiger partial charge in [-0.05, 0) is 105 Å². The van der Waals surface area contributed by atoms with Crippen LogP contribution in [0.15, 0.2) is 11.6 Å². The first-order valence-corrected chi connectivity index (χ1v) is 13.4. The Hall–Kier alpha value is -0.630. The van der Waals surface area contributed by atoms with E-state index in [0.29, 0.717) is 16.7 Å². The van der Waals surface area contributed by atoms with Crippen LogP contribution >= 0.6 is 11.6 Å². The van der Waals surface area contributed by atoms with Gasteiger partial charge in [-0.25, -0.2) is 4.79 Å². The lowest BCUT2D eigenvalue weighted by molar-refractivity contribution is -0.0573. The highest BCUT2D eigenvalue weighted by atomic mass is 35.5. The van der Waals surface area contributed by atoms with Crippen molar-refractivity contribution in [2.75, 3.05) is 0 Å². The Morgan fingerprint density at radius 2 is 1.94 bits per heavy atom. The van der Waals surface area contributed by atoms with Crippen LogP contribution in [0, 0.1) is 53.3 Å². The van der Waals surface area contributed by atoms with Gasteiger partial charge in [0.2, 0.25) is 0 Å². The Bertz CT molecular complexity index is 699. The molecule has 0 aromatic rings. The first kappa shape index (κ1) is 23.5. The zero-order chi connectivity index (χ0) is 22.4. The minimum Gasteiger partial charge on any atom is -0.450 e. The van der Waals surface area contributed by atoms with Crippen LogP contribution in [-0.4, -0.2) is 11.5 Å². The van der Waals surface area contributed by atoms with E-state index in [-0.39, 0.29) is 6.10 Å². The fraction of sp³-hybridized carbons (Fsp3) is 0.857. The van der Waals surface area contributed by atoms with Crippen molar-refractivity contribution >= 4 is 17.0 Å². The lowest BCUT2D eigenvalue weighted by atomic mass is 9.47. The van der Waals surface area contributed by atoms with Crippen LogP contribution in [-0.2, 0) is 4.74 Å². The molecule has 4 aliphatic rings. The highest BCUT2D eigenvalue weighted by molar-refractivity contribution is 6.61. The monoisotopic (exact) mass is 447 g/mol. The number of hydrogen-bond acceptors (Lipinski definition) is 2. The summed E-state index contributed by atoms with van der Waals surface area (Å²) in [6, 6.07) is 0. The lowest BCUT2D eigenvalue weighted by Gasteiger charge is -2.58. The molecule has 0 saturated heterocycles. The molecule has 0 amide bonds. The Labute approximate surface area is 195 Å². The molecule has 0 N–H and O–H groups in total. The van der Waals surface area contributed by atoms with E-state index in [1.54, 1.807) is 5.57 Å². The van der Waals surface area contributed by atoms with E-state index in [1.165, 1.54) is 51.4 Å². The number of ether oxygens (including phenoxy) is 1. The zero-order valence-electron chi connectivity index (χ0n) is 20.3. The minimum atomic E-state index is -0.646. The number of carbonyl (C=O) groups is 1. The van der Waals surface area contributed by atoms with Crippen LogP contribution in [0.1, 0.15) is 98.3 Å². The molecule has 31 heavy (non-hydrogen) atoms. The predicted octanol–water partition coefficient (Wildman–Crippen LogP) is 8.59. The molecule has 0 aliphatic heterocycles. The molecule has 0 bridgehead atoms. The number of carbonyl (C=O) groups excluding carboxylic acids is 1. The fourth-order valence-electron chi connectivity index (χ4n) is 8.82. The molecular weight excluding hydrogens is 404 g/mol. The molecule has 1 unspecified atom stereocenters. The summed E-state index contributed by atoms with van der Waals surface area (Å²) in [5.74, 6) is 4.86. The summed E-state index contributed by atoms with van der Waals surface area (Å²) in [6.07, 6.45) is 16.4. The van der Waals surface area contributed by atoms with Gasteiger partial charge in [0.05, 0.1) is 12.8 Å². The zero-order valence-corrected chi connectivity index (χ0v) is 21.1. The summed E-state index contributed by atoms with van der Waals surface area (Å²) in [7, 11) is 0. The van der Waals surface area contributed by atoms with Gasteiger partial charge in [0.25, 0.3) is 0 Å². The van der Waals surface area contributed by atoms with Crippen LogP contribution in [0.3, 0.4) is 0 Å². The van der Waals surface area contributed by atoms with Crippen molar-refractivity contribution in [1.82, 2.24) is 0 Å². The second kappa shape index (κ2) is 8.96. The maximum absolute atomic E-state index is 11.2. The molecular formula is C28H44ClO2+. The molecule has 3 saturated carbocycles. The summed E-state index contributed by atoms with van der Waals surface area (Å²) in [6.45, 7) is 14.1. The maximum Gasteiger partial charge on any atom is 0.404 e. The highest BCUT2D eigenvalue weighted by Gasteiger charge is 2.59. The third kappa shape index (κ3) is 4.32. The van der Waals surface area contributed by atoms with Gasteiger partial charge in [-0.2, -0.15) is 0 Å². The average molecular weight is 448 g/mol. The largest absolute Gasteiger partial charge is 0.450 e. The quantitative estimate of drug-likeness (QED) is 0.231. The summed E-state index contributed by atoms with van der Waals surface area (Å²) >= 11 is 5.51. The van der Waals surface area contributed by atoms with Crippen LogP contribution in [0.4, 0.5) is 4.79 Å². The van der Waals surface area contributed by atoms with Crippen molar-refractivity contribution in [2.45, 2.75) is 104 Å². The lowest BCUT2D eigenvalue weighted by Crippen LogP contribution is -2.51. The Kier molecular flexibility index (Phi) is 6.80. The van der Waals surface area contributed by atoms with Crippen molar-refractivity contribution in [2.24, 2.45) is 46.3 Å². The van der Waals surface area contributed by atoms with E-state index in [9.17, 15) is 4.79 Å². The van der Waals surface area contributed by atoms with Crippen molar-refractivity contribution in [3.05, 3.63) is 18.6 Å². The molecule has 0 aromatic carbocycles. The van der Waals surface area contributed by atoms with Crippen LogP contribution in [0.2, 0.25) is 0 Å². The highest BCUT2D eigenvalue weighted by Crippen LogP contribution is 2.67. The van der Waals surface area contributed by atoms with Gasteiger partial charge in [0.15, 0.2) is 0 Å². The minimum absolute atomic E-state index is 0.0209. The van der Waals surface area contributed by atoms with E-state index in [4.69, 9.17) is 16.3 Å². The first-order valence-electron chi connectivity index (χ1n) is 13.0. The van der Waals surface area contributed by atoms with Crippen molar-refractivity contribution in [3.63, 3.8) is 0 Å². The molecule has 2 nitrogen and oxygen atoms in total. The molecule has 4 rings (SSSR count). The van der Waals surface area contributed by atoms with Crippen molar-refractivity contribution in [1.29, 1.82) is 0 Å². The van der Waals surface area contributed by atoms with Gasteiger partial charge < -0.3 is 4.74 Å². The van der Waals surface area contributed by atoms with Crippen LogP contribution in [0.25, 0.3) is 0 Å². The first-order chi connectivity index (χ1) is 14.6. The molecule has 9 atom stereocenters. The number of halogens is 1. The normalized spacial score (nSPS) is 43.8. The summed E-state index contributed by atoms with van der Waals surface area (Å²) < 4.78 is 5.38. The second-order valence-corrected chi connectivity index (χ2v) is 12.5. The number of fused-ring (bicyclic) bond motifs is 5. The second-order valence-electron chi connectivity index (χ2n) is 12.2. The molecule has 0 heterocycles. The van der Waals surface area contributed by atoms with Gasteiger partial charge >= 0.3 is 5.43 Å². The van der Waals surface area contributed by atoms with E-state index in [1.807, 2.05) is 0 Å². The average Bonchev–Trinajstić information content (AvgIpc) is 3.05. The van der Waals surface area contributed by atoms with Gasteiger partial charge in [-0.1, -0.05) is 38.8 Å². The standard InChI is InChI=1S/C28H44ClO2/c1-18(2)7-6-8-19(3)23-11-12-24-22-10-9-20-17-21(31-26(29)30)13-15-27(20,4)25(22)14-16-28(23,24)5/h9,18-19,21-25H,1,6-8,10-17H2,2-5H3/q+1/t18?,19-,21+,22+,23-,24+,25+,27+,28-/m1/s1. The molecule has 0 radical (unpaired) electrons. The van der Waals surface area contributed by atoms with Gasteiger partial charge in [0, 0.05) is 18.0 Å². The third-order valence-electron chi connectivity index (χ3n) is 10.4. The van der Waals surface area contributed by atoms with Gasteiger partial charge in [-0.15, -0.1) is 0 Å². The van der Waals surface area contributed by atoms with E-state index in [2.05, 4.69) is 40.7 Å². The molecule has 0 spiro atoms. The summed E-state index contributed by atoms with van der Waals surface area (Å²) in [4.78, 5) is 11.2. The van der Waals surface area contributed by atoms with Gasteiger partial charge in [-0.3, -0.25) is 0 Å². The number of hydrogen-bond donors (Lipinski definition) is 0. The summed E-state index contributed by atoms with van der Waals surface area (Å²) in [5.41, 5.74) is 1.74. The molecule has 174 valence electrons. The predicted molar refractivity (Wildman–Crippen MR) is 129 cm³/mol. The Balaban J connectivity index is 1.47. The van der Waals surface area contributed by atoms with E-state index < -0.39 is 5.43 Å². The topological polar surface area (TPSA) is 26.3 Å². The molecule has 0 aromatic heterocycles. The number of rotatable bonds is 6. The number of allylic oxidation sites excluding steroid dienone is 1. The van der Waals surface area contributed by atoms with Crippen LogP contribution in [0.5, 0.6) is 0 Å². The Morgan fingerprint density at radius 3 is 2.65 bits per heavy atom. The third-order valence-corrected chi connectivity index (χ3v) is 10.5. The summed E-state index contributed by atoms with van der Waals surface area (Å²) in [5, 5.41) is 0.